The van der Waals surface area contributed by atoms with Crippen molar-refractivity contribution in [2.24, 2.45) is 23.7 Å². The van der Waals surface area contributed by atoms with Crippen LogP contribution in [-0.4, -0.2) is 23.3 Å². The highest BCUT2D eigenvalue weighted by Crippen LogP contribution is 2.65. The molecule has 0 amide bonds. The highest BCUT2D eigenvalue weighted by molar-refractivity contribution is 6.09. The Hall–Kier alpha value is -6.33. The lowest BCUT2D eigenvalue weighted by molar-refractivity contribution is -0.0418. The summed E-state index contributed by atoms with van der Waals surface area (Å²) in [6.07, 6.45) is 8.86. The zero-order valence-corrected chi connectivity index (χ0v) is 32.8. The van der Waals surface area contributed by atoms with E-state index in [0.29, 0.717) is 11.8 Å². The second-order valence-electron chi connectivity index (χ2n) is 17.4. The summed E-state index contributed by atoms with van der Waals surface area (Å²) in [5, 5.41) is 2.41. The van der Waals surface area contributed by atoms with Crippen LogP contribution in [0.1, 0.15) is 43.2 Å². The minimum Gasteiger partial charge on any atom is -0.457 e. The summed E-state index contributed by atoms with van der Waals surface area (Å²) in [6, 6.07) is 57.5. The van der Waals surface area contributed by atoms with E-state index in [1.807, 2.05) is 0 Å². The molecule has 4 bridgehead atoms. The van der Waals surface area contributed by atoms with Crippen LogP contribution in [0.2, 0.25) is 0 Å². The van der Waals surface area contributed by atoms with E-state index in [-0.39, 0.29) is 5.41 Å². The van der Waals surface area contributed by atoms with Crippen molar-refractivity contribution in [2.75, 3.05) is 23.5 Å². The molecule has 13 rings (SSSR count). The minimum absolute atomic E-state index is 0.00550. The Kier molecular flexibility index (Phi) is 7.63. The Morgan fingerprint density at radius 3 is 2.03 bits per heavy atom. The summed E-state index contributed by atoms with van der Waals surface area (Å²) in [6.45, 7) is 0.767. The van der Waals surface area contributed by atoms with Crippen LogP contribution < -0.4 is 14.5 Å². The molecule has 58 heavy (non-hydrogen) atoms. The van der Waals surface area contributed by atoms with Gasteiger partial charge < -0.3 is 14.5 Å². The quantitative estimate of drug-likeness (QED) is 0.162. The van der Waals surface area contributed by atoms with Gasteiger partial charge in [-0.15, -0.1) is 0 Å². The maximum atomic E-state index is 6.93. The molecule has 3 heterocycles. The van der Waals surface area contributed by atoms with Crippen LogP contribution in [0.5, 0.6) is 11.5 Å². The van der Waals surface area contributed by atoms with E-state index in [4.69, 9.17) is 9.72 Å². The van der Waals surface area contributed by atoms with E-state index in [1.54, 1.807) is 0 Å². The molecule has 1 aliphatic heterocycles. The van der Waals surface area contributed by atoms with Crippen molar-refractivity contribution < 1.29 is 4.74 Å². The lowest BCUT2D eigenvalue weighted by Crippen LogP contribution is -2.56. The normalized spacial score (nSPS) is 23.2. The van der Waals surface area contributed by atoms with Gasteiger partial charge in [0.2, 0.25) is 0 Å². The van der Waals surface area contributed by atoms with Crippen molar-refractivity contribution in [3.05, 3.63) is 175 Å². The molecule has 5 nitrogen and oxygen atoms in total. The van der Waals surface area contributed by atoms with Gasteiger partial charge in [0.15, 0.2) is 0 Å². The second kappa shape index (κ2) is 13.1. The summed E-state index contributed by atoms with van der Waals surface area (Å²) in [4.78, 5) is 9.84. The van der Waals surface area contributed by atoms with Crippen molar-refractivity contribution in [3.8, 4) is 28.4 Å². The second-order valence-corrected chi connectivity index (χ2v) is 17.4. The molecule has 5 aliphatic rings. The van der Waals surface area contributed by atoms with Crippen LogP contribution in [0.4, 0.5) is 17.1 Å². The number of hydrogen-bond acceptors (Lipinski definition) is 4. The predicted octanol–water partition coefficient (Wildman–Crippen LogP) is 12.9. The molecule has 4 fully saturated rings. The van der Waals surface area contributed by atoms with Crippen molar-refractivity contribution >= 4 is 38.9 Å². The molecule has 4 saturated carbocycles. The van der Waals surface area contributed by atoms with Crippen LogP contribution in [0, 0.1) is 23.7 Å². The Labute approximate surface area is 340 Å². The van der Waals surface area contributed by atoms with Crippen LogP contribution in [0.15, 0.2) is 164 Å². The average Bonchev–Trinajstić information content (AvgIpc) is 3.78. The molecule has 0 spiro atoms. The summed E-state index contributed by atoms with van der Waals surface area (Å²) >= 11 is 0. The lowest BCUT2D eigenvalue weighted by atomic mass is 9.42. The van der Waals surface area contributed by atoms with Gasteiger partial charge in [-0.25, -0.2) is 4.98 Å². The van der Waals surface area contributed by atoms with Gasteiger partial charge in [0.1, 0.15) is 17.3 Å². The molecule has 0 atom stereocenters. The van der Waals surface area contributed by atoms with E-state index in [9.17, 15) is 0 Å². The van der Waals surface area contributed by atoms with E-state index in [0.717, 1.165) is 63.7 Å². The number of anilines is 3. The van der Waals surface area contributed by atoms with Gasteiger partial charge in [0, 0.05) is 47.3 Å². The van der Waals surface area contributed by atoms with Gasteiger partial charge in [-0.1, -0.05) is 91.0 Å². The Morgan fingerprint density at radius 1 is 0.552 bits per heavy atom. The molecule has 4 aliphatic carbocycles. The van der Waals surface area contributed by atoms with Crippen LogP contribution in [0.25, 0.3) is 38.8 Å². The summed E-state index contributed by atoms with van der Waals surface area (Å²) in [5.41, 5.74) is 11.0. The number of rotatable bonds is 7. The highest BCUT2D eigenvalue weighted by atomic mass is 16.5. The molecule has 2 aromatic heterocycles. The molecule has 0 unspecified atom stereocenters. The van der Waals surface area contributed by atoms with Gasteiger partial charge in [0.25, 0.3) is 0 Å². The van der Waals surface area contributed by atoms with Crippen LogP contribution in [-0.2, 0) is 5.41 Å². The first-order valence-electron chi connectivity index (χ1n) is 21.1. The smallest absolute Gasteiger partial charge is 0.137 e. The molecular weight excluding hydrogens is 709 g/mol. The van der Waals surface area contributed by atoms with Crippen LogP contribution in [0.3, 0.4) is 0 Å². The van der Waals surface area contributed by atoms with E-state index in [2.05, 4.69) is 185 Å². The average molecular weight is 755 g/mol. The third-order valence-corrected chi connectivity index (χ3v) is 14.3. The number of benzene rings is 6. The van der Waals surface area contributed by atoms with Crippen molar-refractivity contribution in [1.82, 2.24) is 9.55 Å². The highest BCUT2D eigenvalue weighted by Gasteiger charge is 2.58. The first-order valence-corrected chi connectivity index (χ1v) is 21.1. The zero-order chi connectivity index (χ0) is 38.4. The number of fused-ring (bicyclic) bond motifs is 4. The van der Waals surface area contributed by atoms with Gasteiger partial charge in [0.05, 0.1) is 29.1 Å². The molecule has 0 N–H and O–H groups in total. The molecule has 0 saturated heterocycles. The standard InChI is InChI=1S/C53H46N4O/c1-55-34-56(50-19-11-10-18-49(50)55)43-29-38(37-12-4-2-5-13-37)30-45(32-43)58-44-20-21-47-46-16-8-9-17-48(46)57(51(47)33-44)52-31-40(22-23-54-52)53(39-14-6-3-7-15-39)41-25-35-24-36(27-41)28-42(53)26-35/h2-23,29-33,35-36,41-42H,24-28,34H2,1H3. The number of para-hydroxylation sites is 3. The summed E-state index contributed by atoms with van der Waals surface area (Å²) < 4.78 is 9.31. The Balaban J connectivity index is 0.985. The van der Waals surface area contributed by atoms with Gasteiger partial charge in [-0.2, -0.15) is 0 Å². The number of pyridine rings is 1. The molecule has 0 radical (unpaired) electrons. The molecule has 5 heteroatoms. The van der Waals surface area contributed by atoms with Gasteiger partial charge >= 0.3 is 0 Å². The topological polar surface area (TPSA) is 33.5 Å². The first kappa shape index (κ1) is 33.8. The minimum atomic E-state index is 0.00550. The largest absolute Gasteiger partial charge is 0.457 e. The third kappa shape index (κ3) is 5.18. The number of nitrogens with zero attached hydrogens (tertiary/aromatic N) is 4. The molecule has 284 valence electrons. The Bertz CT molecular complexity index is 2820. The van der Waals surface area contributed by atoms with E-state index in [1.165, 1.54) is 65.4 Å². The van der Waals surface area contributed by atoms with Crippen molar-refractivity contribution in [2.45, 2.75) is 37.5 Å². The predicted molar refractivity (Wildman–Crippen MR) is 237 cm³/mol. The Morgan fingerprint density at radius 2 is 1.24 bits per heavy atom. The summed E-state index contributed by atoms with van der Waals surface area (Å²) in [5.74, 6) is 5.65. The molecular formula is C53H46N4O. The van der Waals surface area contributed by atoms with Crippen LogP contribution >= 0.6 is 0 Å². The van der Waals surface area contributed by atoms with E-state index >= 15 is 0 Å². The zero-order valence-electron chi connectivity index (χ0n) is 32.8. The number of aromatic nitrogens is 2. The fourth-order valence-corrected chi connectivity index (χ4v) is 12.1. The first-order chi connectivity index (χ1) is 28.6. The fourth-order valence-electron chi connectivity index (χ4n) is 12.1. The van der Waals surface area contributed by atoms with E-state index < -0.39 is 0 Å². The number of ether oxygens (including phenoxy) is 1. The third-order valence-electron chi connectivity index (χ3n) is 14.3. The maximum absolute atomic E-state index is 6.93. The molecule has 6 aromatic carbocycles. The van der Waals surface area contributed by atoms with Crippen molar-refractivity contribution in [3.63, 3.8) is 0 Å². The summed E-state index contributed by atoms with van der Waals surface area (Å²) in [7, 11) is 2.15. The van der Waals surface area contributed by atoms with Gasteiger partial charge in [-0.3, -0.25) is 4.57 Å². The number of hydrogen-bond donors (Lipinski definition) is 0. The fraction of sp³-hybridized carbons (Fsp3) is 0.226. The van der Waals surface area contributed by atoms with Crippen molar-refractivity contribution in [1.29, 1.82) is 0 Å². The molecule has 8 aromatic rings. The monoisotopic (exact) mass is 754 g/mol. The SMILES string of the molecule is CN1CN(c2cc(Oc3ccc4c5ccccc5n(-c5cc(C6(c7ccccc7)C7CC8CC(C7)CC6C8)ccn5)c4c3)cc(-c3ccccc3)c2)c2ccccc21. The van der Waals surface area contributed by atoms with Gasteiger partial charge in [-0.05, 0) is 133 Å². The lowest BCUT2D eigenvalue weighted by Gasteiger charge is -2.62. The maximum Gasteiger partial charge on any atom is 0.137 e.